The van der Waals surface area contributed by atoms with E-state index in [0.717, 1.165) is 40.5 Å². The summed E-state index contributed by atoms with van der Waals surface area (Å²) < 4.78 is 1.91. The van der Waals surface area contributed by atoms with Crippen molar-refractivity contribution in [3.8, 4) is 21.7 Å². The molecule has 1 N–H and O–H groups in total. The lowest BCUT2D eigenvalue weighted by atomic mass is 9.94. The van der Waals surface area contributed by atoms with Gasteiger partial charge in [0.15, 0.2) is 0 Å². The van der Waals surface area contributed by atoms with Crippen molar-refractivity contribution in [1.82, 2.24) is 24.5 Å². The Balaban J connectivity index is 1.48. The Morgan fingerprint density at radius 1 is 1.06 bits per heavy atom. The topological polar surface area (TPSA) is 80.0 Å². The number of aryl methyl sites for hydroxylation is 1. The molecule has 1 atom stereocenters. The van der Waals surface area contributed by atoms with E-state index in [1.165, 1.54) is 0 Å². The molecule has 0 bridgehead atoms. The Morgan fingerprint density at radius 2 is 2.00 bits per heavy atom. The number of nitrogens with zero attached hydrogens (tertiary/aromatic N) is 6. The van der Waals surface area contributed by atoms with Gasteiger partial charge in [-0.05, 0) is 36.4 Å². The van der Waals surface area contributed by atoms with Gasteiger partial charge in [0.05, 0.1) is 5.69 Å². The van der Waals surface area contributed by atoms with E-state index in [-0.39, 0.29) is 0 Å². The van der Waals surface area contributed by atoms with Gasteiger partial charge in [0.25, 0.3) is 0 Å². The Kier molecular flexibility index (Phi) is 5.25. The first-order valence-electron chi connectivity index (χ1n) is 10.4. The molecule has 5 heterocycles. The van der Waals surface area contributed by atoms with E-state index < -0.39 is 5.60 Å². The molecule has 1 aliphatic heterocycles. The third-order valence-corrected chi connectivity index (χ3v) is 6.73. The highest BCUT2D eigenvalue weighted by Gasteiger charge is 2.35. The summed E-state index contributed by atoms with van der Waals surface area (Å²) in [6.45, 7) is 1.45. The largest absolute Gasteiger partial charge is 0.382 e. The molecule has 0 aliphatic carbocycles. The average molecular weight is 433 g/mol. The highest BCUT2D eigenvalue weighted by atomic mass is 32.1. The van der Waals surface area contributed by atoms with Crippen molar-refractivity contribution in [2.75, 3.05) is 18.0 Å². The molecule has 4 aromatic rings. The molecule has 0 spiro atoms. The second-order valence-corrected chi connectivity index (χ2v) is 8.83. The molecule has 0 amide bonds. The maximum absolute atomic E-state index is 11.3. The Labute approximate surface area is 185 Å². The quantitative estimate of drug-likeness (QED) is 0.527. The fraction of sp³-hybridized carbons (Fsp3) is 0.304. The van der Waals surface area contributed by atoms with Crippen LogP contribution in [-0.2, 0) is 12.6 Å². The third kappa shape index (κ3) is 3.84. The molecule has 1 saturated heterocycles. The van der Waals surface area contributed by atoms with Gasteiger partial charge in [-0.3, -0.25) is 4.98 Å². The van der Waals surface area contributed by atoms with E-state index in [9.17, 15) is 5.11 Å². The minimum atomic E-state index is -0.934. The number of aromatic nitrogens is 5. The highest BCUT2D eigenvalue weighted by Crippen LogP contribution is 2.35. The zero-order chi connectivity index (χ0) is 21.3. The Morgan fingerprint density at radius 3 is 2.74 bits per heavy atom. The number of anilines is 1. The summed E-state index contributed by atoms with van der Waals surface area (Å²) in [6.07, 6.45) is 11.2. The van der Waals surface area contributed by atoms with Crippen LogP contribution < -0.4 is 4.90 Å². The van der Waals surface area contributed by atoms with Crippen molar-refractivity contribution < 1.29 is 5.11 Å². The average Bonchev–Trinajstić information content (AvgIpc) is 3.45. The molecule has 7 nitrogen and oxygen atoms in total. The van der Waals surface area contributed by atoms with Gasteiger partial charge < -0.3 is 14.6 Å². The third-order valence-electron chi connectivity index (χ3n) is 5.83. The summed E-state index contributed by atoms with van der Waals surface area (Å²) in [7, 11) is 1.93. The number of thiophene rings is 1. The molecule has 1 unspecified atom stereocenters. The lowest BCUT2D eigenvalue weighted by molar-refractivity contribution is 0.0129. The van der Waals surface area contributed by atoms with Crippen molar-refractivity contribution in [2.45, 2.75) is 24.9 Å². The Hall–Kier alpha value is -3.10. The maximum atomic E-state index is 11.3. The maximum Gasteiger partial charge on any atom is 0.225 e. The van der Waals surface area contributed by atoms with Gasteiger partial charge >= 0.3 is 0 Å². The fourth-order valence-electron chi connectivity index (χ4n) is 4.22. The van der Waals surface area contributed by atoms with Gasteiger partial charge in [0.1, 0.15) is 11.4 Å². The predicted octanol–water partition coefficient (Wildman–Crippen LogP) is 3.88. The molecule has 0 saturated carbocycles. The molecule has 4 aromatic heterocycles. The van der Waals surface area contributed by atoms with Crippen molar-refractivity contribution >= 4 is 17.3 Å². The first-order chi connectivity index (χ1) is 15.1. The van der Waals surface area contributed by atoms with Gasteiger partial charge in [-0.2, -0.15) is 0 Å². The van der Waals surface area contributed by atoms with E-state index in [4.69, 9.17) is 9.97 Å². The molecule has 158 valence electrons. The summed E-state index contributed by atoms with van der Waals surface area (Å²) in [4.78, 5) is 21.7. The SMILES string of the molecule is Cn1ccnc1C1(O)CCCN(c2ncc(-c3cccs3)c(-c3cccnc3)n2)CC1. The molecule has 31 heavy (non-hydrogen) atoms. The minimum absolute atomic E-state index is 0.579. The van der Waals surface area contributed by atoms with Crippen molar-refractivity contribution in [1.29, 1.82) is 0 Å². The number of aliphatic hydroxyl groups is 1. The second kappa shape index (κ2) is 8.20. The van der Waals surface area contributed by atoms with Crippen LogP contribution in [0.1, 0.15) is 25.1 Å². The van der Waals surface area contributed by atoms with Crippen LogP contribution in [0.25, 0.3) is 21.7 Å². The number of pyridine rings is 1. The zero-order valence-corrected chi connectivity index (χ0v) is 18.2. The van der Waals surface area contributed by atoms with Crippen LogP contribution in [0.2, 0.25) is 0 Å². The van der Waals surface area contributed by atoms with Crippen LogP contribution in [-0.4, -0.2) is 42.7 Å². The van der Waals surface area contributed by atoms with Gasteiger partial charge in [-0.1, -0.05) is 6.07 Å². The molecule has 1 fully saturated rings. The van der Waals surface area contributed by atoms with E-state index >= 15 is 0 Å². The number of rotatable bonds is 4. The standard InChI is InChI=1S/C23H24N6OS/c1-28-13-10-25-21(28)23(30)7-4-11-29(12-8-23)22-26-16-18(19-6-3-14-31-19)20(27-22)17-5-2-9-24-15-17/h2-3,5-6,9-10,13-16,30H,4,7-8,11-12H2,1H3. The van der Waals surface area contributed by atoms with Crippen molar-refractivity contribution in [3.05, 3.63) is 66.5 Å². The van der Waals surface area contributed by atoms with Gasteiger partial charge in [0, 0.05) is 73.5 Å². The van der Waals surface area contributed by atoms with Crippen LogP contribution in [0.4, 0.5) is 5.95 Å². The van der Waals surface area contributed by atoms with Crippen LogP contribution in [0, 0.1) is 0 Å². The molecule has 5 rings (SSSR count). The molecular formula is C23H24N6OS. The lowest BCUT2D eigenvalue weighted by Crippen LogP contribution is -2.32. The second-order valence-electron chi connectivity index (χ2n) is 7.89. The Bertz CT molecular complexity index is 1160. The molecule has 1 aliphatic rings. The molecule has 0 aromatic carbocycles. The van der Waals surface area contributed by atoms with E-state index in [0.29, 0.717) is 25.3 Å². The molecular weight excluding hydrogens is 408 g/mol. The summed E-state index contributed by atoms with van der Waals surface area (Å²) in [5.41, 5.74) is 1.92. The first-order valence-corrected chi connectivity index (χ1v) is 11.3. The van der Waals surface area contributed by atoms with Crippen LogP contribution in [0.15, 0.2) is 60.6 Å². The van der Waals surface area contributed by atoms with Gasteiger partial charge in [0.2, 0.25) is 5.95 Å². The fourth-order valence-corrected chi connectivity index (χ4v) is 4.95. The molecule has 8 heteroatoms. The predicted molar refractivity (Wildman–Crippen MR) is 122 cm³/mol. The minimum Gasteiger partial charge on any atom is -0.382 e. The van der Waals surface area contributed by atoms with Crippen molar-refractivity contribution in [3.63, 3.8) is 0 Å². The van der Waals surface area contributed by atoms with Gasteiger partial charge in [-0.15, -0.1) is 11.3 Å². The summed E-state index contributed by atoms with van der Waals surface area (Å²) in [5.74, 6) is 1.41. The smallest absolute Gasteiger partial charge is 0.225 e. The van der Waals surface area contributed by atoms with Crippen LogP contribution in [0.5, 0.6) is 0 Å². The van der Waals surface area contributed by atoms with Gasteiger partial charge in [-0.25, -0.2) is 15.0 Å². The number of hydrogen-bond donors (Lipinski definition) is 1. The van der Waals surface area contributed by atoms with Crippen LogP contribution >= 0.6 is 11.3 Å². The van der Waals surface area contributed by atoms with E-state index in [1.54, 1.807) is 23.7 Å². The first kappa shape index (κ1) is 19.8. The monoisotopic (exact) mass is 432 g/mol. The highest BCUT2D eigenvalue weighted by molar-refractivity contribution is 7.13. The normalized spacial score (nSPS) is 19.4. The summed E-state index contributed by atoms with van der Waals surface area (Å²) >= 11 is 1.67. The zero-order valence-electron chi connectivity index (χ0n) is 17.3. The summed E-state index contributed by atoms with van der Waals surface area (Å²) in [5, 5.41) is 13.4. The summed E-state index contributed by atoms with van der Waals surface area (Å²) in [6, 6.07) is 8.07. The van der Waals surface area contributed by atoms with Crippen LogP contribution in [0.3, 0.4) is 0 Å². The lowest BCUT2D eigenvalue weighted by Gasteiger charge is -2.26. The number of hydrogen-bond acceptors (Lipinski definition) is 7. The van der Waals surface area contributed by atoms with Crippen molar-refractivity contribution in [2.24, 2.45) is 7.05 Å². The number of imidazole rings is 1. The van der Waals surface area contributed by atoms with E-state index in [2.05, 4.69) is 26.3 Å². The van der Waals surface area contributed by atoms with E-state index in [1.807, 2.05) is 48.4 Å². The molecule has 0 radical (unpaired) electrons.